The standard InChI is InChI=1S/C17H23FN2S/c1-5-19-11-14-16(17(2,3)4)20-15(21-14)10-12-8-6-7-9-13(12)18/h6-9,19H,5,10-11H2,1-4H3. The van der Waals surface area contributed by atoms with Crippen LogP contribution in [0.3, 0.4) is 0 Å². The molecule has 1 N–H and O–H groups in total. The number of rotatable bonds is 5. The number of halogens is 1. The second-order valence-corrected chi connectivity index (χ2v) is 7.35. The zero-order chi connectivity index (χ0) is 15.5. The Morgan fingerprint density at radius 3 is 2.57 bits per heavy atom. The van der Waals surface area contributed by atoms with Gasteiger partial charge in [-0.05, 0) is 18.2 Å². The van der Waals surface area contributed by atoms with Gasteiger partial charge in [-0.3, -0.25) is 0 Å². The van der Waals surface area contributed by atoms with E-state index in [1.165, 1.54) is 10.9 Å². The predicted octanol–water partition coefficient (Wildman–Crippen LogP) is 4.28. The third-order valence-corrected chi connectivity index (χ3v) is 4.34. The molecule has 1 aromatic heterocycles. The van der Waals surface area contributed by atoms with Gasteiger partial charge in [-0.2, -0.15) is 0 Å². The molecule has 4 heteroatoms. The summed E-state index contributed by atoms with van der Waals surface area (Å²) in [5.74, 6) is -0.154. The quantitative estimate of drug-likeness (QED) is 0.892. The van der Waals surface area contributed by atoms with Gasteiger partial charge < -0.3 is 5.32 Å². The molecule has 114 valence electrons. The summed E-state index contributed by atoms with van der Waals surface area (Å²) in [6.07, 6.45) is 0.562. The molecule has 0 bridgehead atoms. The topological polar surface area (TPSA) is 24.9 Å². The fraction of sp³-hybridized carbons (Fsp3) is 0.471. The van der Waals surface area contributed by atoms with E-state index >= 15 is 0 Å². The average Bonchev–Trinajstić information content (AvgIpc) is 2.82. The van der Waals surface area contributed by atoms with E-state index in [2.05, 4.69) is 33.0 Å². The van der Waals surface area contributed by atoms with Gasteiger partial charge in [0.05, 0.1) is 10.7 Å². The summed E-state index contributed by atoms with van der Waals surface area (Å²) in [5, 5.41) is 4.35. The van der Waals surface area contributed by atoms with Crippen LogP contribution in [0.4, 0.5) is 4.39 Å². The molecule has 21 heavy (non-hydrogen) atoms. The minimum Gasteiger partial charge on any atom is -0.312 e. The fourth-order valence-electron chi connectivity index (χ4n) is 2.23. The lowest BCUT2D eigenvalue weighted by Gasteiger charge is -2.17. The van der Waals surface area contributed by atoms with Gasteiger partial charge in [-0.15, -0.1) is 11.3 Å². The van der Waals surface area contributed by atoms with Crippen LogP contribution in [0.25, 0.3) is 0 Å². The highest BCUT2D eigenvalue weighted by atomic mass is 32.1. The summed E-state index contributed by atoms with van der Waals surface area (Å²) in [5.41, 5.74) is 1.84. The van der Waals surface area contributed by atoms with Crippen molar-refractivity contribution < 1.29 is 4.39 Å². The van der Waals surface area contributed by atoms with E-state index in [-0.39, 0.29) is 11.2 Å². The molecule has 2 rings (SSSR count). The third-order valence-electron chi connectivity index (χ3n) is 3.29. The zero-order valence-corrected chi connectivity index (χ0v) is 14.0. The van der Waals surface area contributed by atoms with Crippen molar-refractivity contribution in [1.82, 2.24) is 10.3 Å². The molecule has 0 aliphatic heterocycles. The Hall–Kier alpha value is -1.26. The Balaban J connectivity index is 2.29. The van der Waals surface area contributed by atoms with E-state index in [9.17, 15) is 4.39 Å². The first-order valence-corrected chi connectivity index (χ1v) is 8.16. The van der Waals surface area contributed by atoms with E-state index in [1.807, 2.05) is 12.1 Å². The van der Waals surface area contributed by atoms with Crippen LogP contribution >= 0.6 is 11.3 Å². The zero-order valence-electron chi connectivity index (χ0n) is 13.2. The van der Waals surface area contributed by atoms with Crippen LogP contribution in [0.15, 0.2) is 24.3 Å². The molecule has 0 amide bonds. The fourth-order valence-corrected chi connectivity index (χ4v) is 3.50. The maximum Gasteiger partial charge on any atom is 0.126 e. The SMILES string of the molecule is CCNCc1sc(Cc2ccccc2F)nc1C(C)(C)C. The highest BCUT2D eigenvalue weighted by molar-refractivity contribution is 7.11. The van der Waals surface area contributed by atoms with Crippen molar-refractivity contribution in [2.75, 3.05) is 6.54 Å². The van der Waals surface area contributed by atoms with Crippen molar-refractivity contribution in [3.8, 4) is 0 Å². The van der Waals surface area contributed by atoms with Crippen molar-refractivity contribution in [2.45, 2.75) is 46.1 Å². The van der Waals surface area contributed by atoms with Crippen molar-refractivity contribution in [3.63, 3.8) is 0 Å². The molecule has 0 saturated heterocycles. The maximum absolute atomic E-state index is 13.8. The lowest BCUT2D eigenvalue weighted by atomic mass is 9.91. The molecular formula is C17H23FN2S. The summed E-state index contributed by atoms with van der Waals surface area (Å²) in [6.45, 7) is 10.4. The number of hydrogen-bond donors (Lipinski definition) is 1. The first-order valence-electron chi connectivity index (χ1n) is 7.35. The Morgan fingerprint density at radius 1 is 1.24 bits per heavy atom. The van der Waals surface area contributed by atoms with Crippen LogP contribution in [0.2, 0.25) is 0 Å². The Bertz CT molecular complexity index is 599. The lowest BCUT2D eigenvalue weighted by Crippen LogP contribution is -2.18. The number of thiazole rings is 1. The lowest BCUT2D eigenvalue weighted by molar-refractivity contribution is 0.559. The molecule has 0 unspecified atom stereocenters. The van der Waals surface area contributed by atoms with Crippen LogP contribution in [-0.2, 0) is 18.4 Å². The third kappa shape index (κ3) is 4.11. The minimum atomic E-state index is -0.154. The van der Waals surface area contributed by atoms with E-state index in [0.717, 1.165) is 23.8 Å². The molecule has 1 aromatic carbocycles. The Morgan fingerprint density at radius 2 is 1.95 bits per heavy atom. The normalized spacial score (nSPS) is 11.9. The largest absolute Gasteiger partial charge is 0.312 e. The number of nitrogens with one attached hydrogen (secondary N) is 1. The number of nitrogens with zero attached hydrogens (tertiary/aromatic N) is 1. The Labute approximate surface area is 130 Å². The highest BCUT2D eigenvalue weighted by Crippen LogP contribution is 2.30. The number of aromatic nitrogens is 1. The van der Waals surface area contributed by atoms with E-state index in [1.54, 1.807) is 17.4 Å². The monoisotopic (exact) mass is 306 g/mol. The first kappa shape index (κ1) is 16.1. The highest BCUT2D eigenvalue weighted by Gasteiger charge is 2.23. The Kier molecular flexibility index (Phi) is 5.12. The summed E-state index contributed by atoms with van der Waals surface area (Å²) in [4.78, 5) is 6.04. The number of benzene rings is 1. The van der Waals surface area contributed by atoms with E-state index in [0.29, 0.717) is 12.0 Å². The van der Waals surface area contributed by atoms with Gasteiger partial charge in [0.1, 0.15) is 5.82 Å². The smallest absolute Gasteiger partial charge is 0.126 e. The summed E-state index contributed by atoms with van der Waals surface area (Å²) >= 11 is 1.69. The van der Waals surface area contributed by atoms with Crippen LogP contribution < -0.4 is 5.32 Å². The molecule has 0 aliphatic carbocycles. The predicted molar refractivity (Wildman–Crippen MR) is 87.4 cm³/mol. The molecule has 0 spiro atoms. The molecule has 0 atom stereocenters. The van der Waals surface area contributed by atoms with Gasteiger partial charge in [-0.25, -0.2) is 9.37 Å². The van der Waals surface area contributed by atoms with Gasteiger partial charge >= 0.3 is 0 Å². The van der Waals surface area contributed by atoms with Crippen LogP contribution in [-0.4, -0.2) is 11.5 Å². The summed E-state index contributed by atoms with van der Waals surface area (Å²) in [7, 11) is 0. The molecule has 1 heterocycles. The van der Waals surface area contributed by atoms with E-state index < -0.39 is 0 Å². The van der Waals surface area contributed by atoms with Gasteiger partial charge in [0.15, 0.2) is 0 Å². The van der Waals surface area contributed by atoms with Crippen LogP contribution in [0, 0.1) is 5.82 Å². The second kappa shape index (κ2) is 6.67. The summed E-state index contributed by atoms with van der Waals surface area (Å²) < 4.78 is 13.8. The van der Waals surface area contributed by atoms with Crippen molar-refractivity contribution in [3.05, 3.63) is 51.2 Å². The van der Waals surface area contributed by atoms with Crippen molar-refractivity contribution >= 4 is 11.3 Å². The number of hydrogen-bond acceptors (Lipinski definition) is 3. The van der Waals surface area contributed by atoms with Gasteiger partial charge in [0.2, 0.25) is 0 Å². The van der Waals surface area contributed by atoms with Crippen LogP contribution in [0.5, 0.6) is 0 Å². The van der Waals surface area contributed by atoms with Crippen LogP contribution in [0.1, 0.15) is 48.8 Å². The molecule has 2 aromatic rings. The molecule has 0 fully saturated rings. The van der Waals surface area contributed by atoms with Gasteiger partial charge in [0, 0.05) is 23.3 Å². The molecule has 2 nitrogen and oxygen atoms in total. The first-order chi connectivity index (χ1) is 9.91. The second-order valence-electron chi connectivity index (χ2n) is 6.18. The molecule has 0 radical (unpaired) electrons. The molecule has 0 saturated carbocycles. The van der Waals surface area contributed by atoms with Gasteiger partial charge in [0.25, 0.3) is 0 Å². The van der Waals surface area contributed by atoms with Gasteiger partial charge in [-0.1, -0.05) is 45.9 Å². The molecule has 0 aliphatic rings. The van der Waals surface area contributed by atoms with Crippen molar-refractivity contribution in [2.24, 2.45) is 0 Å². The average molecular weight is 306 g/mol. The van der Waals surface area contributed by atoms with Crippen molar-refractivity contribution in [1.29, 1.82) is 0 Å². The maximum atomic E-state index is 13.8. The summed E-state index contributed by atoms with van der Waals surface area (Å²) in [6, 6.07) is 6.93. The van der Waals surface area contributed by atoms with E-state index in [4.69, 9.17) is 4.98 Å². The molecular weight excluding hydrogens is 283 g/mol. The minimum absolute atomic E-state index is 0.00867.